The van der Waals surface area contributed by atoms with Gasteiger partial charge in [-0.15, -0.1) is 0 Å². The monoisotopic (exact) mass is 865 g/mol. The SMILES string of the molecule is Cc1cccc(-c2ccn(-c3cc(N4CC[C@H]5OCC[C@H]54)nc(CCc4ncccn4)n3)n2)c1.Cc1cccc(-c2ccn[nH]2)c1.Clc1cc(Cl)nc(CCc2ncccn2)n1. The number of aromatic amines is 1. The third kappa shape index (κ3) is 11.3. The van der Waals surface area contributed by atoms with Gasteiger partial charge in [0.25, 0.3) is 0 Å². The van der Waals surface area contributed by atoms with Crippen molar-refractivity contribution in [1.82, 2.24) is 59.8 Å². The van der Waals surface area contributed by atoms with Crippen LogP contribution in [0, 0.1) is 13.8 Å². The molecular formula is C46H45Cl2N13O. The van der Waals surface area contributed by atoms with Gasteiger partial charge in [0.05, 0.1) is 23.5 Å². The average Bonchev–Trinajstić information content (AvgIpc) is 4.13. The van der Waals surface area contributed by atoms with E-state index in [0.29, 0.717) is 54.0 Å². The predicted molar refractivity (Wildman–Crippen MR) is 239 cm³/mol. The fourth-order valence-corrected chi connectivity index (χ4v) is 7.84. The Hall–Kier alpha value is -6.48. The summed E-state index contributed by atoms with van der Waals surface area (Å²) >= 11 is 11.5. The van der Waals surface area contributed by atoms with E-state index in [-0.39, 0.29) is 0 Å². The molecule has 14 nitrogen and oxygen atoms in total. The highest BCUT2D eigenvalue weighted by Gasteiger charge is 2.39. The van der Waals surface area contributed by atoms with Crippen molar-refractivity contribution in [2.24, 2.45) is 0 Å². The van der Waals surface area contributed by atoms with Gasteiger partial charge in [0.1, 0.15) is 39.4 Å². The molecule has 0 amide bonds. The first-order valence-corrected chi connectivity index (χ1v) is 21.2. The molecule has 1 N–H and O–H groups in total. The van der Waals surface area contributed by atoms with Crippen LogP contribution in [0.1, 0.15) is 47.3 Å². The van der Waals surface area contributed by atoms with Crippen molar-refractivity contribution in [3.63, 3.8) is 0 Å². The Morgan fingerprint density at radius 2 is 1.24 bits per heavy atom. The molecule has 0 saturated carbocycles. The van der Waals surface area contributed by atoms with Crippen molar-refractivity contribution in [1.29, 1.82) is 0 Å². The summed E-state index contributed by atoms with van der Waals surface area (Å²) < 4.78 is 7.77. The summed E-state index contributed by atoms with van der Waals surface area (Å²) in [5.74, 6) is 4.64. The van der Waals surface area contributed by atoms with Gasteiger partial charge in [-0.1, -0.05) is 70.7 Å². The number of ether oxygens (including phenoxy) is 1. The van der Waals surface area contributed by atoms with Gasteiger partial charge in [-0.05, 0) is 68.7 Å². The Morgan fingerprint density at radius 1 is 0.629 bits per heavy atom. The number of aromatic nitrogens is 12. The molecule has 314 valence electrons. The Bertz CT molecular complexity index is 2640. The van der Waals surface area contributed by atoms with Gasteiger partial charge in [0.2, 0.25) is 0 Å². The third-order valence-corrected chi connectivity index (χ3v) is 10.7. The summed E-state index contributed by atoms with van der Waals surface area (Å²) in [6.45, 7) is 5.94. The molecule has 2 fully saturated rings. The van der Waals surface area contributed by atoms with Crippen molar-refractivity contribution in [3.8, 4) is 28.3 Å². The maximum absolute atomic E-state index is 5.92. The standard InChI is InChI=1S/C26H27N7O.C10H8Cl2N4.C10H10N2/c1-18-4-2-5-19(16-18)20-8-14-33(31-20)26-17-25(32-13-9-22-21(32)10-15-34-22)29-24(30-26)7-6-23-27-11-3-12-28-23;11-7-6-8(12)16-10(15-7)3-2-9-13-4-1-5-14-9;1-8-3-2-4-9(7-8)10-5-6-11-12-10/h2-5,8,11-12,14,16-17,21-22H,6-7,9-10,13,15H2,1H3;1,4-6H,2-3H2;2-7H,1H3,(H,11,12)/t21-,22-;;/m1../s1. The van der Waals surface area contributed by atoms with Crippen LogP contribution in [0.25, 0.3) is 28.3 Å². The lowest BCUT2D eigenvalue weighted by atomic mass is 10.1. The maximum atomic E-state index is 5.92. The predicted octanol–water partition coefficient (Wildman–Crippen LogP) is 8.32. The lowest BCUT2D eigenvalue weighted by molar-refractivity contribution is 0.113. The Labute approximate surface area is 369 Å². The minimum atomic E-state index is 0.303. The number of aryl methyl sites for hydroxylation is 6. The molecule has 8 aromatic rings. The highest BCUT2D eigenvalue weighted by molar-refractivity contribution is 6.33. The van der Waals surface area contributed by atoms with E-state index in [0.717, 1.165) is 72.1 Å². The van der Waals surface area contributed by atoms with Gasteiger partial charge in [-0.3, -0.25) is 5.10 Å². The van der Waals surface area contributed by atoms with E-state index < -0.39 is 0 Å². The van der Waals surface area contributed by atoms with E-state index in [2.05, 4.69) is 107 Å². The fourth-order valence-electron chi connectivity index (χ4n) is 7.38. The molecule has 2 aromatic carbocycles. The van der Waals surface area contributed by atoms with Crippen LogP contribution >= 0.6 is 23.2 Å². The number of nitrogens with one attached hydrogen (secondary N) is 1. The second-order valence-corrected chi connectivity index (χ2v) is 15.6. The molecule has 6 aromatic heterocycles. The van der Waals surface area contributed by atoms with Crippen LogP contribution in [-0.4, -0.2) is 85.1 Å². The Morgan fingerprint density at radius 3 is 1.89 bits per heavy atom. The molecule has 62 heavy (non-hydrogen) atoms. The van der Waals surface area contributed by atoms with Crippen LogP contribution in [0.15, 0.2) is 122 Å². The van der Waals surface area contributed by atoms with Crippen LogP contribution in [0.3, 0.4) is 0 Å². The van der Waals surface area contributed by atoms with Crippen molar-refractivity contribution in [2.75, 3.05) is 18.1 Å². The number of benzene rings is 2. The first-order chi connectivity index (χ1) is 30.3. The highest BCUT2D eigenvalue weighted by atomic mass is 35.5. The molecule has 16 heteroatoms. The van der Waals surface area contributed by atoms with Gasteiger partial charge in [0, 0.05) is 93.7 Å². The molecule has 0 radical (unpaired) electrons. The van der Waals surface area contributed by atoms with Crippen LogP contribution in [-0.2, 0) is 30.4 Å². The van der Waals surface area contributed by atoms with Gasteiger partial charge in [0.15, 0.2) is 5.82 Å². The number of hydrogen-bond acceptors (Lipinski definition) is 12. The fraction of sp³-hybridized carbons (Fsp3) is 0.261. The topological polar surface area (TPSA) is 162 Å². The van der Waals surface area contributed by atoms with E-state index in [4.69, 9.17) is 43.0 Å². The quantitative estimate of drug-likeness (QED) is 0.131. The molecule has 0 aliphatic carbocycles. The second kappa shape index (κ2) is 20.4. The number of anilines is 1. The van der Waals surface area contributed by atoms with Crippen molar-refractivity contribution in [3.05, 3.63) is 167 Å². The summed E-state index contributed by atoms with van der Waals surface area (Å²) in [4.78, 5) is 37.3. The van der Waals surface area contributed by atoms with Gasteiger partial charge >= 0.3 is 0 Å². The molecule has 0 spiro atoms. The highest BCUT2D eigenvalue weighted by Crippen LogP contribution is 2.33. The first-order valence-electron chi connectivity index (χ1n) is 20.5. The zero-order chi connectivity index (χ0) is 42.7. The lowest BCUT2D eigenvalue weighted by Crippen LogP contribution is -2.33. The Kier molecular flexibility index (Phi) is 13.9. The number of rotatable bonds is 10. The largest absolute Gasteiger partial charge is 0.376 e. The minimum Gasteiger partial charge on any atom is -0.376 e. The molecule has 8 heterocycles. The summed E-state index contributed by atoms with van der Waals surface area (Å²) in [5.41, 5.74) is 6.76. The van der Waals surface area contributed by atoms with Crippen molar-refractivity contribution < 1.29 is 4.74 Å². The molecular weight excluding hydrogens is 822 g/mol. The minimum absolute atomic E-state index is 0.303. The molecule has 2 aliphatic rings. The molecule has 2 atom stereocenters. The summed E-state index contributed by atoms with van der Waals surface area (Å²) in [5, 5.41) is 12.4. The van der Waals surface area contributed by atoms with Gasteiger partial charge < -0.3 is 9.64 Å². The first kappa shape index (κ1) is 42.2. The van der Waals surface area contributed by atoms with E-state index >= 15 is 0 Å². The van der Waals surface area contributed by atoms with E-state index in [1.54, 1.807) is 37.1 Å². The zero-order valence-corrected chi connectivity index (χ0v) is 35.9. The molecule has 0 bridgehead atoms. The lowest BCUT2D eigenvalue weighted by Gasteiger charge is -2.24. The van der Waals surface area contributed by atoms with Crippen molar-refractivity contribution >= 4 is 29.0 Å². The van der Waals surface area contributed by atoms with Gasteiger partial charge in [-0.25, -0.2) is 44.6 Å². The number of fused-ring (bicyclic) bond motifs is 1. The smallest absolute Gasteiger partial charge is 0.159 e. The second-order valence-electron chi connectivity index (χ2n) is 14.9. The molecule has 0 unspecified atom stereocenters. The van der Waals surface area contributed by atoms with Crippen molar-refractivity contribution in [2.45, 2.75) is 64.5 Å². The van der Waals surface area contributed by atoms with Crippen LogP contribution < -0.4 is 4.90 Å². The zero-order valence-electron chi connectivity index (χ0n) is 34.4. The number of halogens is 2. The van der Waals surface area contributed by atoms with E-state index in [9.17, 15) is 0 Å². The van der Waals surface area contributed by atoms with E-state index in [1.807, 2.05) is 35.1 Å². The summed E-state index contributed by atoms with van der Waals surface area (Å²) in [6.07, 6.45) is 15.7. The van der Waals surface area contributed by atoms with Crippen LogP contribution in [0.2, 0.25) is 10.3 Å². The van der Waals surface area contributed by atoms with Crippen LogP contribution in [0.4, 0.5) is 5.82 Å². The maximum Gasteiger partial charge on any atom is 0.159 e. The number of H-pyrrole nitrogens is 1. The number of hydrogen-bond donors (Lipinski definition) is 1. The number of nitrogens with zero attached hydrogens (tertiary/aromatic N) is 12. The molecule has 2 aliphatic heterocycles. The Balaban J connectivity index is 0.000000155. The normalized spacial score (nSPS) is 15.3. The summed E-state index contributed by atoms with van der Waals surface area (Å²) in [7, 11) is 0. The summed E-state index contributed by atoms with van der Waals surface area (Å²) in [6, 6.07) is 28.3. The average molecular weight is 867 g/mol. The van der Waals surface area contributed by atoms with E-state index in [1.165, 1.54) is 22.8 Å². The van der Waals surface area contributed by atoms with Gasteiger partial charge in [-0.2, -0.15) is 10.2 Å². The van der Waals surface area contributed by atoms with Crippen LogP contribution in [0.5, 0.6) is 0 Å². The third-order valence-electron chi connectivity index (χ3n) is 10.3. The molecule has 10 rings (SSSR count). The molecule has 2 saturated heterocycles.